The molecule has 0 bridgehead atoms. The van der Waals surface area contributed by atoms with Crippen LogP contribution in [-0.4, -0.2) is 36.2 Å². The van der Waals surface area contributed by atoms with Gasteiger partial charge in [-0.2, -0.15) is 0 Å². The summed E-state index contributed by atoms with van der Waals surface area (Å²) in [4.78, 5) is 13.6. The third kappa shape index (κ3) is 4.23. The highest BCUT2D eigenvalue weighted by atomic mass is 16.4. The van der Waals surface area contributed by atoms with E-state index in [9.17, 15) is 9.90 Å². The number of anilines is 1. The van der Waals surface area contributed by atoms with Crippen molar-refractivity contribution in [1.82, 2.24) is 5.32 Å². The van der Waals surface area contributed by atoms with Gasteiger partial charge >= 0.3 is 5.97 Å². The number of nitrogens with zero attached hydrogens (tertiary/aromatic N) is 1. The lowest BCUT2D eigenvalue weighted by atomic mass is 9.96. The minimum absolute atomic E-state index is 0.139. The molecule has 1 unspecified atom stereocenters. The minimum Gasteiger partial charge on any atom is -0.480 e. The average molecular weight is 278 g/mol. The van der Waals surface area contributed by atoms with E-state index in [2.05, 4.69) is 29.3 Å². The molecular weight excluding hydrogens is 252 g/mol. The fraction of sp³-hybridized carbons (Fsp3) is 0.562. The quantitative estimate of drug-likeness (QED) is 0.805. The largest absolute Gasteiger partial charge is 0.480 e. The van der Waals surface area contributed by atoms with Crippen molar-refractivity contribution < 1.29 is 9.90 Å². The number of carbonyl (C=O) groups is 1. The second kappa shape index (κ2) is 6.75. The molecule has 0 saturated heterocycles. The number of carboxylic acids is 1. The zero-order valence-electron chi connectivity index (χ0n) is 13.1. The molecule has 0 aliphatic rings. The molecule has 0 aliphatic heterocycles. The average Bonchev–Trinajstić information content (AvgIpc) is 2.35. The van der Waals surface area contributed by atoms with Gasteiger partial charge in [0.2, 0.25) is 0 Å². The molecule has 0 aromatic heterocycles. The molecule has 0 heterocycles. The van der Waals surface area contributed by atoms with Crippen LogP contribution in [0.25, 0.3) is 0 Å². The Morgan fingerprint density at radius 2 is 2.00 bits per heavy atom. The highest BCUT2D eigenvalue weighted by Gasteiger charge is 2.33. The highest BCUT2D eigenvalue weighted by molar-refractivity contribution is 5.78. The lowest BCUT2D eigenvalue weighted by molar-refractivity contribution is -0.144. The molecule has 20 heavy (non-hydrogen) atoms. The smallest absolute Gasteiger partial charge is 0.323 e. The van der Waals surface area contributed by atoms with Crippen LogP contribution in [0, 0.1) is 6.92 Å². The van der Waals surface area contributed by atoms with Gasteiger partial charge in [0.25, 0.3) is 0 Å². The van der Waals surface area contributed by atoms with E-state index in [1.807, 2.05) is 33.0 Å². The van der Waals surface area contributed by atoms with E-state index in [0.29, 0.717) is 13.0 Å². The van der Waals surface area contributed by atoms with Gasteiger partial charge in [0.15, 0.2) is 0 Å². The molecule has 1 atom stereocenters. The summed E-state index contributed by atoms with van der Waals surface area (Å²) in [5.41, 5.74) is 1.44. The molecule has 4 heteroatoms. The van der Waals surface area contributed by atoms with Crippen LogP contribution < -0.4 is 10.2 Å². The molecule has 0 fully saturated rings. The van der Waals surface area contributed by atoms with Crippen LogP contribution in [0.15, 0.2) is 24.3 Å². The number of carboxylic acid groups (broad SMARTS) is 1. The Labute approximate surface area is 121 Å². The summed E-state index contributed by atoms with van der Waals surface area (Å²) in [6, 6.07) is 8.27. The standard InChI is InChI=1S/C16H26N2O2/c1-12(2)17-16(4,15(19)20)10-11-18(5)14-9-7-6-8-13(14)3/h6-9,12,17H,10-11H2,1-5H3,(H,19,20). The topological polar surface area (TPSA) is 52.6 Å². The van der Waals surface area contributed by atoms with Gasteiger partial charge in [-0.05, 0) is 45.7 Å². The minimum atomic E-state index is -0.898. The van der Waals surface area contributed by atoms with Gasteiger partial charge in [-0.15, -0.1) is 0 Å². The van der Waals surface area contributed by atoms with Gasteiger partial charge < -0.3 is 10.0 Å². The Morgan fingerprint density at radius 1 is 1.40 bits per heavy atom. The third-order valence-corrected chi connectivity index (χ3v) is 3.55. The summed E-state index contributed by atoms with van der Waals surface area (Å²) in [5, 5.41) is 12.6. The lowest BCUT2D eigenvalue weighted by Crippen LogP contribution is -2.53. The number of aliphatic carboxylic acids is 1. The number of aryl methyl sites for hydroxylation is 1. The van der Waals surface area contributed by atoms with Crippen LogP contribution in [0.3, 0.4) is 0 Å². The van der Waals surface area contributed by atoms with E-state index in [0.717, 1.165) is 5.69 Å². The normalized spacial score (nSPS) is 14.1. The van der Waals surface area contributed by atoms with Crippen molar-refractivity contribution in [2.75, 3.05) is 18.5 Å². The first-order valence-electron chi connectivity index (χ1n) is 7.04. The number of rotatable bonds is 7. The zero-order valence-corrected chi connectivity index (χ0v) is 13.1. The second-order valence-electron chi connectivity index (χ2n) is 5.89. The maximum Gasteiger partial charge on any atom is 0.323 e. The van der Waals surface area contributed by atoms with Crippen LogP contribution in [0.1, 0.15) is 32.8 Å². The predicted octanol–water partition coefficient (Wildman–Crippen LogP) is 2.66. The van der Waals surface area contributed by atoms with Crippen LogP contribution in [0.2, 0.25) is 0 Å². The molecule has 0 amide bonds. The molecule has 1 rings (SSSR count). The second-order valence-corrected chi connectivity index (χ2v) is 5.89. The molecule has 0 spiro atoms. The monoisotopic (exact) mass is 278 g/mol. The number of para-hydroxylation sites is 1. The van der Waals surface area contributed by atoms with Gasteiger partial charge in [0, 0.05) is 25.3 Å². The number of hydrogen-bond donors (Lipinski definition) is 2. The van der Waals surface area contributed by atoms with E-state index in [-0.39, 0.29) is 6.04 Å². The van der Waals surface area contributed by atoms with E-state index >= 15 is 0 Å². The molecule has 0 aliphatic carbocycles. The summed E-state index contributed by atoms with van der Waals surface area (Å²) in [5.74, 6) is -0.801. The zero-order chi connectivity index (χ0) is 15.3. The van der Waals surface area contributed by atoms with Gasteiger partial charge in [-0.25, -0.2) is 0 Å². The molecule has 1 aromatic rings. The molecule has 1 aromatic carbocycles. The molecule has 2 N–H and O–H groups in total. The maximum atomic E-state index is 11.5. The molecular formula is C16H26N2O2. The number of hydrogen-bond acceptors (Lipinski definition) is 3. The van der Waals surface area contributed by atoms with Crippen molar-refractivity contribution in [2.45, 2.75) is 45.7 Å². The molecule has 0 radical (unpaired) electrons. The number of benzene rings is 1. The van der Waals surface area contributed by atoms with Crippen LogP contribution in [-0.2, 0) is 4.79 Å². The molecule has 0 saturated carbocycles. The van der Waals surface area contributed by atoms with Crippen molar-refractivity contribution in [1.29, 1.82) is 0 Å². The SMILES string of the molecule is Cc1ccccc1N(C)CCC(C)(NC(C)C)C(=O)O. The summed E-state index contributed by atoms with van der Waals surface area (Å²) in [6.07, 6.45) is 0.547. The molecule has 4 nitrogen and oxygen atoms in total. The summed E-state index contributed by atoms with van der Waals surface area (Å²) >= 11 is 0. The van der Waals surface area contributed by atoms with Crippen LogP contribution >= 0.6 is 0 Å². The van der Waals surface area contributed by atoms with E-state index in [4.69, 9.17) is 0 Å². The van der Waals surface area contributed by atoms with Crippen molar-refractivity contribution in [3.05, 3.63) is 29.8 Å². The Bertz CT molecular complexity index is 460. The Balaban J connectivity index is 2.73. The van der Waals surface area contributed by atoms with E-state index < -0.39 is 11.5 Å². The van der Waals surface area contributed by atoms with Crippen molar-refractivity contribution >= 4 is 11.7 Å². The molecule has 112 valence electrons. The van der Waals surface area contributed by atoms with E-state index in [1.54, 1.807) is 6.92 Å². The van der Waals surface area contributed by atoms with Crippen LogP contribution in [0.4, 0.5) is 5.69 Å². The highest BCUT2D eigenvalue weighted by Crippen LogP contribution is 2.20. The first kappa shape index (κ1) is 16.5. The Hall–Kier alpha value is -1.55. The fourth-order valence-corrected chi connectivity index (χ4v) is 2.38. The summed E-state index contributed by atoms with van der Waals surface area (Å²) in [7, 11) is 2.00. The summed E-state index contributed by atoms with van der Waals surface area (Å²) < 4.78 is 0. The maximum absolute atomic E-state index is 11.5. The van der Waals surface area contributed by atoms with Crippen LogP contribution in [0.5, 0.6) is 0 Å². The van der Waals surface area contributed by atoms with Gasteiger partial charge in [-0.3, -0.25) is 10.1 Å². The van der Waals surface area contributed by atoms with E-state index in [1.165, 1.54) is 5.56 Å². The lowest BCUT2D eigenvalue weighted by Gasteiger charge is -2.31. The van der Waals surface area contributed by atoms with Crippen molar-refractivity contribution in [3.8, 4) is 0 Å². The Morgan fingerprint density at radius 3 is 2.50 bits per heavy atom. The first-order chi connectivity index (χ1) is 9.26. The summed E-state index contributed by atoms with van der Waals surface area (Å²) in [6.45, 7) is 8.43. The third-order valence-electron chi connectivity index (χ3n) is 3.55. The first-order valence-corrected chi connectivity index (χ1v) is 7.04. The fourth-order valence-electron chi connectivity index (χ4n) is 2.38. The predicted molar refractivity (Wildman–Crippen MR) is 83.4 cm³/mol. The van der Waals surface area contributed by atoms with Crippen molar-refractivity contribution in [2.24, 2.45) is 0 Å². The van der Waals surface area contributed by atoms with Crippen molar-refractivity contribution in [3.63, 3.8) is 0 Å². The number of nitrogens with one attached hydrogen (secondary N) is 1. The van der Waals surface area contributed by atoms with Gasteiger partial charge in [-0.1, -0.05) is 18.2 Å². The Kier molecular flexibility index (Phi) is 5.57. The van der Waals surface area contributed by atoms with Gasteiger partial charge in [0.05, 0.1) is 0 Å². The van der Waals surface area contributed by atoms with Gasteiger partial charge in [0.1, 0.15) is 5.54 Å².